The highest BCUT2D eigenvalue weighted by atomic mass is 79.9. The summed E-state index contributed by atoms with van der Waals surface area (Å²) in [5, 5.41) is 7.00. The maximum Gasteiger partial charge on any atom is 0.0361 e. The molecule has 0 amide bonds. The molecule has 2 rings (SSSR count). The van der Waals surface area contributed by atoms with Crippen LogP contribution in [0.5, 0.6) is 0 Å². The first-order valence-corrected chi connectivity index (χ1v) is 7.15. The number of aryl methyl sites for hydroxylation is 1. The summed E-state index contributed by atoms with van der Waals surface area (Å²) in [7, 11) is 2.07. The quantitative estimate of drug-likeness (QED) is 0.896. The number of hydrogen-bond donors (Lipinski definition) is 2. The molecule has 1 aromatic carbocycles. The van der Waals surface area contributed by atoms with Crippen molar-refractivity contribution in [1.82, 2.24) is 10.6 Å². The molecule has 94 valence electrons. The van der Waals surface area contributed by atoms with Crippen LogP contribution in [0.4, 0.5) is 0 Å². The Labute approximate surface area is 112 Å². The van der Waals surface area contributed by atoms with Crippen LogP contribution in [0.1, 0.15) is 30.0 Å². The summed E-state index contributed by atoms with van der Waals surface area (Å²) < 4.78 is 1.17. The summed E-state index contributed by atoms with van der Waals surface area (Å²) >= 11 is 3.57. The summed E-state index contributed by atoms with van der Waals surface area (Å²) in [6.45, 7) is 4.49. The van der Waals surface area contributed by atoms with E-state index in [1.54, 1.807) is 0 Å². The summed E-state index contributed by atoms with van der Waals surface area (Å²) in [5.74, 6) is 0.696. The number of nitrogens with one attached hydrogen (secondary N) is 2. The van der Waals surface area contributed by atoms with Crippen molar-refractivity contribution in [3.8, 4) is 0 Å². The van der Waals surface area contributed by atoms with E-state index in [0.29, 0.717) is 12.0 Å². The summed E-state index contributed by atoms with van der Waals surface area (Å²) in [6, 6.07) is 7.02. The van der Waals surface area contributed by atoms with Gasteiger partial charge in [0.15, 0.2) is 0 Å². The number of piperidine rings is 1. The molecule has 2 N–H and O–H groups in total. The fraction of sp³-hybridized carbons (Fsp3) is 0.571. The van der Waals surface area contributed by atoms with Crippen LogP contribution in [0.25, 0.3) is 0 Å². The minimum Gasteiger partial charge on any atom is -0.316 e. The molecule has 2 nitrogen and oxygen atoms in total. The van der Waals surface area contributed by atoms with Gasteiger partial charge in [-0.15, -0.1) is 0 Å². The van der Waals surface area contributed by atoms with E-state index in [4.69, 9.17) is 0 Å². The van der Waals surface area contributed by atoms with Gasteiger partial charge in [-0.2, -0.15) is 0 Å². The number of halogens is 1. The zero-order valence-corrected chi connectivity index (χ0v) is 12.2. The van der Waals surface area contributed by atoms with Gasteiger partial charge in [0.25, 0.3) is 0 Å². The highest BCUT2D eigenvalue weighted by Crippen LogP contribution is 2.30. The van der Waals surface area contributed by atoms with E-state index in [1.165, 1.54) is 35.0 Å². The van der Waals surface area contributed by atoms with Gasteiger partial charge in [0, 0.05) is 10.5 Å². The van der Waals surface area contributed by atoms with Crippen molar-refractivity contribution < 1.29 is 0 Å². The predicted molar refractivity (Wildman–Crippen MR) is 76.3 cm³/mol. The lowest BCUT2D eigenvalue weighted by molar-refractivity contribution is 0.297. The van der Waals surface area contributed by atoms with E-state index in [0.717, 1.165) is 6.54 Å². The van der Waals surface area contributed by atoms with E-state index >= 15 is 0 Å². The Kier molecular flexibility index (Phi) is 4.60. The topological polar surface area (TPSA) is 24.1 Å². The van der Waals surface area contributed by atoms with E-state index in [2.05, 4.69) is 58.7 Å². The Morgan fingerprint density at radius 3 is 2.94 bits per heavy atom. The highest BCUT2D eigenvalue weighted by Gasteiger charge is 2.24. The van der Waals surface area contributed by atoms with Crippen LogP contribution in [0.2, 0.25) is 0 Å². The summed E-state index contributed by atoms with van der Waals surface area (Å²) in [4.78, 5) is 0. The molecule has 1 aromatic rings. The molecule has 0 bridgehead atoms. The van der Waals surface area contributed by atoms with Crippen LogP contribution in [-0.2, 0) is 0 Å². The molecule has 1 saturated heterocycles. The molecule has 0 radical (unpaired) electrons. The first-order valence-electron chi connectivity index (χ1n) is 6.36. The standard InChI is InChI=1S/C14H21BrN2/c1-10-5-6-12(15)8-13(10)14(16-2)11-4-3-7-17-9-11/h5-6,8,11,14,16-17H,3-4,7,9H2,1-2H3. The molecular weight excluding hydrogens is 276 g/mol. The van der Waals surface area contributed by atoms with E-state index in [9.17, 15) is 0 Å². The lowest BCUT2D eigenvalue weighted by Crippen LogP contribution is -2.37. The molecule has 2 unspecified atom stereocenters. The fourth-order valence-electron chi connectivity index (χ4n) is 2.75. The fourth-order valence-corrected chi connectivity index (χ4v) is 3.13. The molecule has 1 aliphatic rings. The third-order valence-electron chi connectivity index (χ3n) is 3.69. The minimum atomic E-state index is 0.459. The van der Waals surface area contributed by atoms with Gasteiger partial charge >= 0.3 is 0 Å². The third-order valence-corrected chi connectivity index (χ3v) is 4.19. The molecule has 1 heterocycles. The van der Waals surface area contributed by atoms with Gasteiger partial charge in [-0.1, -0.05) is 22.0 Å². The van der Waals surface area contributed by atoms with Crippen molar-refractivity contribution >= 4 is 15.9 Å². The zero-order chi connectivity index (χ0) is 12.3. The largest absolute Gasteiger partial charge is 0.316 e. The van der Waals surface area contributed by atoms with Gasteiger partial charge in [0.05, 0.1) is 0 Å². The van der Waals surface area contributed by atoms with E-state index < -0.39 is 0 Å². The van der Waals surface area contributed by atoms with Crippen LogP contribution in [-0.4, -0.2) is 20.1 Å². The molecule has 1 fully saturated rings. The second-order valence-electron chi connectivity index (χ2n) is 4.87. The molecule has 0 spiro atoms. The Hall–Kier alpha value is -0.380. The molecule has 2 atom stereocenters. The third kappa shape index (κ3) is 3.09. The van der Waals surface area contributed by atoms with Crippen LogP contribution in [0.15, 0.2) is 22.7 Å². The normalized spacial score (nSPS) is 22.4. The van der Waals surface area contributed by atoms with Gasteiger partial charge in [-0.3, -0.25) is 0 Å². The average molecular weight is 297 g/mol. The Morgan fingerprint density at radius 1 is 1.47 bits per heavy atom. The first kappa shape index (κ1) is 13.1. The number of rotatable bonds is 3. The predicted octanol–water partition coefficient (Wildman–Crippen LogP) is 3.02. The second-order valence-corrected chi connectivity index (χ2v) is 5.79. The summed E-state index contributed by atoms with van der Waals surface area (Å²) in [5.41, 5.74) is 2.80. The van der Waals surface area contributed by atoms with Gasteiger partial charge in [-0.05, 0) is 69.1 Å². The van der Waals surface area contributed by atoms with Crippen LogP contribution < -0.4 is 10.6 Å². The van der Waals surface area contributed by atoms with Gasteiger partial charge in [-0.25, -0.2) is 0 Å². The monoisotopic (exact) mass is 296 g/mol. The maximum atomic E-state index is 3.57. The minimum absolute atomic E-state index is 0.459. The Bertz CT molecular complexity index is 372. The lowest BCUT2D eigenvalue weighted by atomic mass is 9.85. The van der Waals surface area contributed by atoms with Crippen molar-refractivity contribution in [1.29, 1.82) is 0 Å². The van der Waals surface area contributed by atoms with E-state index in [1.807, 2.05) is 0 Å². The molecule has 3 heteroatoms. The molecule has 0 aromatic heterocycles. The highest BCUT2D eigenvalue weighted by molar-refractivity contribution is 9.10. The molecule has 17 heavy (non-hydrogen) atoms. The molecule has 1 aliphatic heterocycles. The van der Waals surface area contributed by atoms with E-state index in [-0.39, 0.29) is 0 Å². The van der Waals surface area contributed by atoms with Gasteiger partial charge < -0.3 is 10.6 Å². The molecule has 0 saturated carbocycles. The molecular formula is C14H21BrN2. The Balaban J connectivity index is 2.24. The van der Waals surface area contributed by atoms with Crippen molar-refractivity contribution in [2.75, 3.05) is 20.1 Å². The van der Waals surface area contributed by atoms with Crippen LogP contribution in [0.3, 0.4) is 0 Å². The van der Waals surface area contributed by atoms with Crippen LogP contribution in [0, 0.1) is 12.8 Å². The maximum absolute atomic E-state index is 3.57. The van der Waals surface area contributed by atoms with Crippen molar-refractivity contribution in [3.63, 3.8) is 0 Å². The first-order chi connectivity index (χ1) is 8.22. The second kappa shape index (κ2) is 5.98. The van der Waals surface area contributed by atoms with Gasteiger partial charge in [0.2, 0.25) is 0 Å². The number of hydrogen-bond acceptors (Lipinski definition) is 2. The summed E-state index contributed by atoms with van der Waals surface area (Å²) in [6.07, 6.45) is 2.60. The molecule has 0 aliphatic carbocycles. The SMILES string of the molecule is CNC(c1cc(Br)ccc1C)C1CCCNC1. The van der Waals surface area contributed by atoms with Crippen molar-refractivity contribution in [2.45, 2.75) is 25.8 Å². The average Bonchev–Trinajstić information content (AvgIpc) is 2.36. The van der Waals surface area contributed by atoms with Crippen molar-refractivity contribution in [3.05, 3.63) is 33.8 Å². The Morgan fingerprint density at radius 2 is 2.29 bits per heavy atom. The number of benzene rings is 1. The van der Waals surface area contributed by atoms with Crippen LogP contribution >= 0.6 is 15.9 Å². The van der Waals surface area contributed by atoms with Crippen molar-refractivity contribution in [2.24, 2.45) is 5.92 Å². The zero-order valence-electron chi connectivity index (χ0n) is 10.6. The lowest BCUT2D eigenvalue weighted by Gasteiger charge is -2.32. The smallest absolute Gasteiger partial charge is 0.0361 e. The van der Waals surface area contributed by atoms with Gasteiger partial charge in [0.1, 0.15) is 0 Å².